The van der Waals surface area contributed by atoms with Crippen molar-refractivity contribution in [1.82, 2.24) is 5.32 Å². The molecule has 8 heteroatoms. The van der Waals surface area contributed by atoms with E-state index in [0.717, 1.165) is 12.8 Å². The van der Waals surface area contributed by atoms with Crippen LogP contribution in [0.25, 0.3) is 0 Å². The summed E-state index contributed by atoms with van der Waals surface area (Å²) in [5.41, 5.74) is 0.745. The zero-order valence-corrected chi connectivity index (χ0v) is 14.1. The highest BCUT2D eigenvalue weighted by Crippen LogP contribution is 2.26. The second-order valence-corrected chi connectivity index (χ2v) is 7.51. The van der Waals surface area contributed by atoms with Gasteiger partial charge in [-0.05, 0) is 37.5 Å². The molecule has 1 aliphatic rings. The van der Waals surface area contributed by atoms with E-state index in [4.69, 9.17) is 9.88 Å². The Balaban J connectivity index is 2.20. The second kappa shape index (κ2) is 6.04. The van der Waals surface area contributed by atoms with Gasteiger partial charge in [0.1, 0.15) is 0 Å². The standard InChI is InChI=1S/C13H17BrN2O4S/c1-7-11(14)3-8(4-12(7)21(15,18)19)13(17)16-9-5-10(6-9)20-2/h3-4,9-10H,5-6H2,1-2H3,(H,16,17)(H2,15,18,19). The highest BCUT2D eigenvalue weighted by molar-refractivity contribution is 9.10. The van der Waals surface area contributed by atoms with Crippen molar-refractivity contribution in [1.29, 1.82) is 0 Å². The van der Waals surface area contributed by atoms with Crippen LogP contribution in [0.5, 0.6) is 0 Å². The highest BCUT2D eigenvalue weighted by Gasteiger charge is 2.30. The van der Waals surface area contributed by atoms with Gasteiger partial charge >= 0.3 is 0 Å². The summed E-state index contributed by atoms with van der Waals surface area (Å²) in [7, 11) is -2.24. The van der Waals surface area contributed by atoms with E-state index >= 15 is 0 Å². The van der Waals surface area contributed by atoms with Crippen molar-refractivity contribution in [3.05, 3.63) is 27.7 Å². The van der Waals surface area contributed by atoms with E-state index in [1.165, 1.54) is 6.07 Å². The van der Waals surface area contributed by atoms with Crippen molar-refractivity contribution in [3.8, 4) is 0 Å². The Morgan fingerprint density at radius 2 is 2.05 bits per heavy atom. The number of carbonyl (C=O) groups excluding carboxylic acids is 1. The van der Waals surface area contributed by atoms with Gasteiger partial charge in [-0.2, -0.15) is 0 Å². The van der Waals surface area contributed by atoms with Crippen LogP contribution in [0, 0.1) is 6.92 Å². The smallest absolute Gasteiger partial charge is 0.251 e. The quantitative estimate of drug-likeness (QED) is 0.827. The van der Waals surface area contributed by atoms with Gasteiger partial charge in [-0.1, -0.05) is 15.9 Å². The third-order valence-corrected chi connectivity index (χ3v) is 5.49. The van der Waals surface area contributed by atoms with Crippen molar-refractivity contribution in [3.63, 3.8) is 0 Å². The first-order valence-corrected chi connectivity index (χ1v) is 8.73. The molecule has 1 aromatic rings. The highest BCUT2D eigenvalue weighted by atomic mass is 79.9. The number of primary sulfonamides is 1. The number of halogens is 1. The molecule has 0 aliphatic heterocycles. The molecule has 1 aromatic carbocycles. The summed E-state index contributed by atoms with van der Waals surface area (Å²) in [4.78, 5) is 12.1. The maximum Gasteiger partial charge on any atom is 0.251 e. The Morgan fingerprint density at radius 1 is 1.43 bits per heavy atom. The Kier molecular flexibility index (Phi) is 4.72. The molecule has 6 nitrogen and oxygen atoms in total. The molecule has 21 heavy (non-hydrogen) atoms. The molecule has 0 aromatic heterocycles. The third-order valence-electron chi connectivity index (χ3n) is 3.63. The van der Waals surface area contributed by atoms with Crippen molar-refractivity contribution in [2.24, 2.45) is 5.14 Å². The van der Waals surface area contributed by atoms with Gasteiger partial charge in [0.25, 0.3) is 5.91 Å². The molecule has 1 fully saturated rings. The first-order valence-electron chi connectivity index (χ1n) is 6.39. The monoisotopic (exact) mass is 376 g/mol. The summed E-state index contributed by atoms with van der Waals surface area (Å²) in [5, 5.41) is 8.02. The minimum absolute atomic E-state index is 0.0506. The van der Waals surface area contributed by atoms with Crippen molar-refractivity contribution >= 4 is 31.9 Å². The number of amides is 1. The molecule has 1 amide bonds. The molecule has 0 radical (unpaired) electrons. The zero-order chi connectivity index (χ0) is 15.8. The topological polar surface area (TPSA) is 98.5 Å². The molecule has 0 saturated heterocycles. The van der Waals surface area contributed by atoms with Crippen LogP contribution >= 0.6 is 15.9 Å². The van der Waals surface area contributed by atoms with Crippen LogP contribution in [0.2, 0.25) is 0 Å². The molecule has 2 rings (SSSR count). The molecule has 0 bridgehead atoms. The SMILES string of the molecule is COC1CC(NC(=O)c2cc(Br)c(C)c(S(N)(=O)=O)c2)C1. The maximum atomic E-state index is 12.2. The van der Waals surface area contributed by atoms with Gasteiger partial charge in [0.05, 0.1) is 11.0 Å². The minimum Gasteiger partial charge on any atom is -0.381 e. The van der Waals surface area contributed by atoms with Gasteiger partial charge in [0, 0.05) is 23.2 Å². The lowest BCUT2D eigenvalue weighted by Crippen LogP contribution is -2.47. The van der Waals surface area contributed by atoms with Crippen molar-refractivity contribution < 1.29 is 17.9 Å². The number of rotatable bonds is 4. The first-order chi connectivity index (χ1) is 9.72. The van der Waals surface area contributed by atoms with Gasteiger partial charge in [-0.3, -0.25) is 4.79 Å². The molecule has 116 valence electrons. The van der Waals surface area contributed by atoms with Crippen LogP contribution in [-0.4, -0.2) is 33.6 Å². The fraction of sp³-hybridized carbons (Fsp3) is 0.462. The van der Waals surface area contributed by atoms with E-state index in [9.17, 15) is 13.2 Å². The molecule has 1 saturated carbocycles. The van der Waals surface area contributed by atoms with E-state index in [-0.39, 0.29) is 28.5 Å². The number of methoxy groups -OCH3 is 1. The average molecular weight is 377 g/mol. The van der Waals surface area contributed by atoms with E-state index in [1.54, 1.807) is 20.1 Å². The van der Waals surface area contributed by atoms with Gasteiger partial charge in [0.15, 0.2) is 0 Å². The number of benzene rings is 1. The lowest BCUT2D eigenvalue weighted by atomic mass is 9.89. The lowest BCUT2D eigenvalue weighted by Gasteiger charge is -2.34. The van der Waals surface area contributed by atoms with Crippen LogP contribution in [0.1, 0.15) is 28.8 Å². The Bertz CT molecular complexity index is 669. The lowest BCUT2D eigenvalue weighted by molar-refractivity contribution is 0.0176. The van der Waals surface area contributed by atoms with Gasteiger partial charge in [0.2, 0.25) is 10.0 Å². The summed E-state index contributed by atoms with van der Waals surface area (Å²) in [5.74, 6) is -0.319. The molecule has 1 aliphatic carbocycles. The van der Waals surface area contributed by atoms with Crippen molar-refractivity contribution in [2.75, 3.05) is 7.11 Å². The predicted octanol–water partition coefficient (Wildman–Crippen LogP) is 1.31. The third kappa shape index (κ3) is 3.63. The Labute approximate surface area is 132 Å². The number of nitrogens with two attached hydrogens (primary N) is 1. The number of hydrogen-bond donors (Lipinski definition) is 2. The number of ether oxygens (including phenoxy) is 1. The summed E-state index contributed by atoms with van der Waals surface area (Å²) < 4.78 is 28.8. The predicted molar refractivity (Wildman–Crippen MR) is 81.5 cm³/mol. The van der Waals surface area contributed by atoms with E-state index in [1.807, 2.05) is 0 Å². The Morgan fingerprint density at radius 3 is 2.57 bits per heavy atom. The minimum atomic E-state index is -3.87. The average Bonchev–Trinajstić information content (AvgIpc) is 2.34. The molecule has 0 spiro atoms. The Hall–Kier alpha value is -0.960. The van der Waals surface area contributed by atoms with Gasteiger partial charge in [-0.15, -0.1) is 0 Å². The maximum absolute atomic E-state index is 12.2. The number of nitrogens with one attached hydrogen (secondary N) is 1. The summed E-state index contributed by atoms with van der Waals surface area (Å²) in [6.45, 7) is 1.63. The molecular formula is C13H17BrN2O4S. The van der Waals surface area contributed by atoms with E-state index in [2.05, 4.69) is 21.2 Å². The molecule has 3 N–H and O–H groups in total. The largest absolute Gasteiger partial charge is 0.381 e. The fourth-order valence-electron chi connectivity index (χ4n) is 2.22. The van der Waals surface area contributed by atoms with Crippen LogP contribution < -0.4 is 10.5 Å². The first kappa shape index (κ1) is 16.4. The van der Waals surface area contributed by atoms with Crippen LogP contribution in [0.15, 0.2) is 21.5 Å². The van der Waals surface area contributed by atoms with Crippen LogP contribution in [0.3, 0.4) is 0 Å². The summed E-state index contributed by atoms with van der Waals surface area (Å²) in [6, 6.07) is 2.95. The van der Waals surface area contributed by atoms with Gasteiger partial charge < -0.3 is 10.1 Å². The fourth-order valence-corrected chi connectivity index (χ4v) is 3.64. The molecule has 0 atom stereocenters. The second-order valence-electron chi connectivity index (χ2n) is 5.13. The van der Waals surface area contributed by atoms with E-state index < -0.39 is 10.0 Å². The number of carbonyl (C=O) groups is 1. The van der Waals surface area contributed by atoms with E-state index in [0.29, 0.717) is 10.0 Å². The number of sulfonamides is 1. The zero-order valence-electron chi connectivity index (χ0n) is 11.7. The molecule has 0 unspecified atom stereocenters. The van der Waals surface area contributed by atoms with Crippen LogP contribution in [-0.2, 0) is 14.8 Å². The number of hydrogen-bond acceptors (Lipinski definition) is 4. The normalized spacial score (nSPS) is 21.7. The van der Waals surface area contributed by atoms with Crippen molar-refractivity contribution in [2.45, 2.75) is 36.8 Å². The summed E-state index contributed by atoms with van der Waals surface area (Å²) in [6.07, 6.45) is 1.70. The van der Waals surface area contributed by atoms with Crippen LogP contribution in [0.4, 0.5) is 0 Å². The van der Waals surface area contributed by atoms with Gasteiger partial charge in [-0.25, -0.2) is 13.6 Å². The molecule has 0 heterocycles. The summed E-state index contributed by atoms with van der Waals surface area (Å²) >= 11 is 3.26. The molecular weight excluding hydrogens is 360 g/mol.